The summed E-state index contributed by atoms with van der Waals surface area (Å²) in [5.41, 5.74) is 16.2. The van der Waals surface area contributed by atoms with Crippen LogP contribution in [0.1, 0.15) is 0 Å². The lowest BCUT2D eigenvalue weighted by molar-refractivity contribution is 1.18. The number of aromatic nitrogens is 1. The molecule has 2 heteroatoms. The van der Waals surface area contributed by atoms with E-state index in [-0.39, 0.29) is 0 Å². The van der Waals surface area contributed by atoms with Crippen molar-refractivity contribution in [2.75, 3.05) is 4.90 Å². The Morgan fingerprint density at radius 3 is 1.60 bits per heavy atom. The summed E-state index contributed by atoms with van der Waals surface area (Å²) in [6.45, 7) is 0. The first-order chi connectivity index (χ1) is 29.8. The lowest BCUT2D eigenvalue weighted by atomic mass is 9.92. The van der Waals surface area contributed by atoms with Crippen molar-refractivity contribution in [1.82, 2.24) is 4.57 Å². The zero-order chi connectivity index (χ0) is 39.8. The first-order valence-electron chi connectivity index (χ1n) is 20.6. The van der Waals surface area contributed by atoms with Gasteiger partial charge in [0.2, 0.25) is 0 Å². The first kappa shape index (κ1) is 35.2. The lowest BCUT2D eigenvalue weighted by Crippen LogP contribution is -2.12. The van der Waals surface area contributed by atoms with Crippen LogP contribution in [0.4, 0.5) is 17.1 Å². The van der Waals surface area contributed by atoms with E-state index in [2.05, 4.69) is 252 Å². The predicted octanol–water partition coefficient (Wildman–Crippen LogP) is 16.1. The summed E-state index contributed by atoms with van der Waals surface area (Å²) in [7, 11) is 0. The molecule has 0 bridgehead atoms. The molecule has 0 aliphatic rings. The van der Waals surface area contributed by atoms with E-state index in [9.17, 15) is 0 Å². The highest BCUT2D eigenvalue weighted by atomic mass is 15.2. The second kappa shape index (κ2) is 15.1. The highest BCUT2D eigenvalue weighted by molar-refractivity contribution is 6.17. The SMILES string of the molecule is c1ccc(-c2ccc(N(c3ccc(-c4ccc5ccccc5c4)cc3-c3ccccc3)c3cccc4c3c3ccccc3n4-c3ccccc3)cc2-c2ccccc2)cc1. The summed E-state index contributed by atoms with van der Waals surface area (Å²) in [5, 5.41) is 4.87. The third-order valence-electron chi connectivity index (χ3n) is 11.8. The van der Waals surface area contributed by atoms with Gasteiger partial charge in [-0.3, -0.25) is 0 Å². The van der Waals surface area contributed by atoms with Crippen molar-refractivity contribution >= 4 is 49.6 Å². The molecule has 11 aromatic rings. The van der Waals surface area contributed by atoms with Crippen molar-refractivity contribution in [1.29, 1.82) is 0 Å². The van der Waals surface area contributed by atoms with Gasteiger partial charge in [0.15, 0.2) is 0 Å². The van der Waals surface area contributed by atoms with Crippen LogP contribution >= 0.6 is 0 Å². The fourth-order valence-electron chi connectivity index (χ4n) is 8.98. The molecule has 2 nitrogen and oxygen atoms in total. The number of hydrogen-bond acceptors (Lipinski definition) is 1. The highest BCUT2D eigenvalue weighted by Crippen LogP contribution is 2.49. The molecule has 1 heterocycles. The summed E-state index contributed by atoms with van der Waals surface area (Å²) >= 11 is 0. The Kier molecular flexibility index (Phi) is 8.87. The Bertz CT molecular complexity index is 3300. The van der Waals surface area contributed by atoms with Crippen LogP contribution in [-0.2, 0) is 0 Å². The molecule has 10 aromatic carbocycles. The molecule has 0 radical (unpaired) electrons. The van der Waals surface area contributed by atoms with E-state index in [0.717, 1.165) is 39.4 Å². The minimum absolute atomic E-state index is 1.08. The Hall–Kier alpha value is -7.94. The van der Waals surface area contributed by atoms with Gasteiger partial charge in [0, 0.05) is 27.7 Å². The Labute approximate surface area is 350 Å². The van der Waals surface area contributed by atoms with Gasteiger partial charge in [0.1, 0.15) is 0 Å². The maximum atomic E-state index is 2.50. The molecular weight excluding hydrogens is 725 g/mol. The molecule has 0 fully saturated rings. The largest absolute Gasteiger partial charge is 0.309 e. The van der Waals surface area contributed by atoms with E-state index >= 15 is 0 Å². The van der Waals surface area contributed by atoms with Crippen molar-refractivity contribution in [2.24, 2.45) is 0 Å². The van der Waals surface area contributed by atoms with Gasteiger partial charge in [-0.15, -0.1) is 0 Å². The monoisotopic (exact) mass is 764 g/mol. The highest BCUT2D eigenvalue weighted by Gasteiger charge is 2.24. The molecule has 0 unspecified atom stereocenters. The smallest absolute Gasteiger partial charge is 0.0562 e. The van der Waals surface area contributed by atoms with Gasteiger partial charge in [-0.05, 0) is 110 Å². The van der Waals surface area contributed by atoms with E-state index < -0.39 is 0 Å². The third-order valence-corrected chi connectivity index (χ3v) is 11.8. The molecule has 11 rings (SSSR count). The number of fused-ring (bicyclic) bond motifs is 4. The van der Waals surface area contributed by atoms with Crippen LogP contribution in [0.3, 0.4) is 0 Å². The molecule has 0 amide bonds. The lowest BCUT2D eigenvalue weighted by Gasteiger charge is -2.30. The van der Waals surface area contributed by atoms with Gasteiger partial charge < -0.3 is 9.47 Å². The van der Waals surface area contributed by atoms with E-state index in [1.165, 1.54) is 60.4 Å². The van der Waals surface area contributed by atoms with Crippen molar-refractivity contribution < 1.29 is 0 Å². The summed E-state index contributed by atoms with van der Waals surface area (Å²) in [4.78, 5) is 2.50. The Morgan fingerprint density at radius 2 is 0.867 bits per heavy atom. The van der Waals surface area contributed by atoms with E-state index in [4.69, 9.17) is 0 Å². The Morgan fingerprint density at radius 1 is 0.300 bits per heavy atom. The fourth-order valence-corrected chi connectivity index (χ4v) is 8.98. The summed E-state index contributed by atoms with van der Waals surface area (Å²) < 4.78 is 2.40. The maximum absolute atomic E-state index is 2.50. The number of rotatable bonds is 8. The van der Waals surface area contributed by atoms with Crippen LogP contribution in [0, 0.1) is 0 Å². The number of nitrogens with zero attached hydrogens (tertiary/aromatic N) is 2. The molecule has 0 atom stereocenters. The molecule has 0 spiro atoms. The first-order valence-corrected chi connectivity index (χ1v) is 20.6. The second-order valence-corrected chi connectivity index (χ2v) is 15.3. The third kappa shape index (κ3) is 6.23. The van der Waals surface area contributed by atoms with Crippen LogP contribution in [0.15, 0.2) is 243 Å². The summed E-state index contributed by atoms with van der Waals surface area (Å²) in [6, 6.07) is 88.1. The van der Waals surface area contributed by atoms with Crippen LogP contribution < -0.4 is 4.90 Å². The van der Waals surface area contributed by atoms with Crippen molar-refractivity contribution in [3.63, 3.8) is 0 Å². The van der Waals surface area contributed by atoms with Gasteiger partial charge in [0.05, 0.1) is 22.4 Å². The van der Waals surface area contributed by atoms with E-state index in [1.807, 2.05) is 0 Å². The minimum atomic E-state index is 1.08. The van der Waals surface area contributed by atoms with Gasteiger partial charge in [0.25, 0.3) is 0 Å². The van der Waals surface area contributed by atoms with Crippen molar-refractivity contribution in [3.05, 3.63) is 243 Å². The standard InChI is InChI=1S/C58H40N2/c1-5-19-42(20-6-1)50-36-35-49(40-52(50)43-21-7-2-8-22-43)60(57-31-17-30-56-58(57)51-28-15-16-29-54(51)59(56)48-26-11-4-12-27-48)55-37-34-47(39-53(55)44-23-9-3-10-24-44)46-33-32-41-18-13-14-25-45(41)38-46/h1-40H. The number of benzene rings is 10. The van der Waals surface area contributed by atoms with Gasteiger partial charge in [-0.25, -0.2) is 0 Å². The van der Waals surface area contributed by atoms with Gasteiger partial charge in [-0.2, -0.15) is 0 Å². The second-order valence-electron chi connectivity index (χ2n) is 15.3. The average molecular weight is 765 g/mol. The zero-order valence-corrected chi connectivity index (χ0v) is 33.0. The molecular formula is C58H40N2. The summed E-state index contributed by atoms with van der Waals surface area (Å²) in [6.07, 6.45) is 0. The zero-order valence-electron chi connectivity index (χ0n) is 33.0. The molecule has 0 aliphatic carbocycles. The van der Waals surface area contributed by atoms with Crippen LogP contribution in [0.25, 0.3) is 82.8 Å². The number of hydrogen-bond donors (Lipinski definition) is 0. The molecule has 1 aromatic heterocycles. The molecule has 0 saturated heterocycles. The quantitative estimate of drug-likeness (QED) is 0.150. The van der Waals surface area contributed by atoms with Crippen molar-refractivity contribution in [3.8, 4) is 50.2 Å². The normalized spacial score (nSPS) is 11.3. The minimum Gasteiger partial charge on any atom is -0.309 e. The van der Waals surface area contributed by atoms with Crippen LogP contribution in [0.2, 0.25) is 0 Å². The van der Waals surface area contributed by atoms with Crippen molar-refractivity contribution in [2.45, 2.75) is 0 Å². The molecule has 60 heavy (non-hydrogen) atoms. The summed E-state index contributed by atoms with van der Waals surface area (Å²) in [5.74, 6) is 0. The Balaban J connectivity index is 1.22. The number of anilines is 3. The van der Waals surface area contributed by atoms with Gasteiger partial charge in [-0.1, -0.05) is 182 Å². The van der Waals surface area contributed by atoms with E-state index in [0.29, 0.717) is 0 Å². The van der Waals surface area contributed by atoms with Crippen LogP contribution in [0.5, 0.6) is 0 Å². The molecule has 0 aliphatic heterocycles. The van der Waals surface area contributed by atoms with Crippen LogP contribution in [-0.4, -0.2) is 4.57 Å². The topological polar surface area (TPSA) is 8.17 Å². The molecule has 0 N–H and O–H groups in total. The molecule has 0 saturated carbocycles. The van der Waals surface area contributed by atoms with E-state index in [1.54, 1.807) is 0 Å². The predicted molar refractivity (Wildman–Crippen MR) is 255 cm³/mol. The number of para-hydroxylation sites is 2. The molecule has 282 valence electrons. The fraction of sp³-hybridized carbons (Fsp3) is 0. The maximum Gasteiger partial charge on any atom is 0.0562 e. The average Bonchev–Trinajstić information content (AvgIpc) is 3.68. The van der Waals surface area contributed by atoms with Gasteiger partial charge >= 0.3 is 0 Å².